The van der Waals surface area contributed by atoms with Gasteiger partial charge in [0, 0.05) is 49.9 Å². The second-order valence-electron chi connectivity index (χ2n) is 6.26. The molecule has 0 atom stereocenters. The Hall–Kier alpha value is -1.12. The van der Waals surface area contributed by atoms with Crippen LogP contribution in [-0.4, -0.2) is 75.5 Å². The molecule has 1 amide bonds. The van der Waals surface area contributed by atoms with E-state index in [1.165, 1.54) is 6.26 Å². The predicted molar refractivity (Wildman–Crippen MR) is 102 cm³/mol. The van der Waals surface area contributed by atoms with Gasteiger partial charge in [-0.2, -0.15) is 0 Å². The Labute approximate surface area is 158 Å². The van der Waals surface area contributed by atoms with Crippen molar-refractivity contribution in [1.29, 1.82) is 0 Å². The molecule has 0 bridgehead atoms. The molecule has 0 saturated carbocycles. The predicted octanol–water partition coefficient (Wildman–Crippen LogP) is 1.80. The van der Waals surface area contributed by atoms with Gasteiger partial charge in [0.25, 0.3) is 0 Å². The van der Waals surface area contributed by atoms with Crippen molar-refractivity contribution in [3.05, 3.63) is 28.7 Å². The first kappa shape index (κ1) is 20.2. The second-order valence-corrected chi connectivity index (χ2v) is 9.44. The maximum absolute atomic E-state index is 12.2. The van der Waals surface area contributed by atoms with Crippen molar-refractivity contribution in [1.82, 2.24) is 9.80 Å². The molecule has 0 aromatic heterocycles. The van der Waals surface area contributed by atoms with Crippen LogP contribution in [-0.2, 0) is 14.6 Å². The van der Waals surface area contributed by atoms with Gasteiger partial charge in [-0.3, -0.25) is 9.69 Å². The maximum atomic E-state index is 12.2. The molecule has 25 heavy (non-hydrogen) atoms. The summed E-state index contributed by atoms with van der Waals surface area (Å²) in [5.74, 6) is 1.11. The minimum Gasteiger partial charge on any atom is -0.494 e. The normalized spacial score (nSPS) is 16.0. The highest BCUT2D eigenvalue weighted by molar-refractivity contribution is 9.10. The number of piperazine rings is 1. The van der Waals surface area contributed by atoms with Gasteiger partial charge in [0.2, 0.25) is 5.91 Å². The number of carbonyl (C=O) groups is 1. The van der Waals surface area contributed by atoms with Gasteiger partial charge in [-0.1, -0.05) is 22.0 Å². The van der Waals surface area contributed by atoms with Crippen molar-refractivity contribution < 1.29 is 17.9 Å². The van der Waals surface area contributed by atoms with Crippen LogP contribution < -0.4 is 4.74 Å². The maximum Gasteiger partial charge on any atom is 0.222 e. The molecule has 1 fully saturated rings. The monoisotopic (exact) mass is 432 g/mol. The largest absolute Gasteiger partial charge is 0.494 e. The topological polar surface area (TPSA) is 66.9 Å². The van der Waals surface area contributed by atoms with E-state index in [1.807, 2.05) is 29.2 Å². The van der Waals surface area contributed by atoms with Crippen LogP contribution in [0.4, 0.5) is 0 Å². The first-order valence-corrected chi connectivity index (χ1v) is 11.2. The molecule has 1 aliphatic heterocycles. The lowest BCUT2D eigenvalue weighted by atomic mass is 10.2. The molecule has 140 valence electrons. The number of hydrogen-bond acceptors (Lipinski definition) is 5. The van der Waals surface area contributed by atoms with Crippen LogP contribution in [0.2, 0.25) is 0 Å². The summed E-state index contributed by atoms with van der Waals surface area (Å²) in [7, 11) is -2.93. The lowest BCUT2D eigenvalue weighted by Crippen LogP contribution is -2.49. The third-order valence-electron chi connectivity index (χ3n) is 4.10. The highest BCUT2D eigenvalue weighted by Gasteiger charge is 2.21. The molecule has 8 heteroatoms. The van der Waals surface area contributed by atoms with Gasteiger partial charge in [0.1, 0.15) is 15.6 Å². The number of hydrogen-bond donors (Lipinski definition) is 0. The zero-order chi connectivity index (χ0) is 18.3. The third-order valence-corrected chi connectivity index (χ3v) is 5.52. The molecular weight excluding hydrogens is 408 g/mol. The first-order valence-electron chi connectivity index (χ1n) is 8.40. The molecule has 1 saturated heterocycles. The standard InChI is InChI=1S/C17H25BrN2O4S/c1-25(22,23)13-11-19-7-9-20(10-8-19)17(21)6-3-12-24-16-5-2-4-15(18)14-16/h2,4-5,14H,3,6-13H2,1H3. The number of sulfone groups is 1. The van der Waals surface area contributed by atoms with Crippen LogP contribution in [0.1, 0.15) is 12.8 Å². The summed E-state index contributed by atoms with van der Waals surface area (Å²) in [6.45, 7) is 3.84. The summed E-state index contributed by atoms with van der Waals surface area (Å²) in [5.41, 5.74) is 0. The molecule has 1 aliphatic rings. The first-order chi connectivity index (χ1) is 11.8. The van der Waals surface area contributed by atoms with Gasteiger partial charge in [0.05, 0.1) is 12.4 Å². The highest BCUT2D eigenvalue weighted by atomic mass is 79.9. The van der Waals surface area contributed by atoms with E-state index in [9.17, 15) is 13.2 Å². The summed E-state index contributed by atoms with van der Waals surface area (Å²) < 4.78 is 29.0. The molecule has 0 aliphatic carbocycles. The van der Waals surface area contributed by atoms with Gasteiger partial charge >= 0.3 is 0 Å². The Morgan fingerprint density at radius 3 is 2.60 bits per heavy atom. The van der Waals surface area contributed by atoms with E-state index < -0.39 is 9.84 Å². The van der Waals surface area contributed by atoms with Crippen LogP contribution in [0.5, 0.6) is 5.75 Å². The van der Waals surface area contributed by atoms with Gasteiger partial charge < -0.3 is 9.64 Å². The number of amides is 1. The fourth-order valence-electron chi connectivity index (χ4n) is 2.64. The van der Waals surface area contributed by atoms with Crippen LogP contribution in [0.15, 0.2) is 28.7 Å². The number of benzene rings is 1. The summed E-state index contributed by atoms with van der Waals surface area (Å²) in [6.07, 6.45) is 2.40. The van der Waals surface area contributed by atoms with E-state index in [0.29, 0.717) is 39.1 Å². The molecule has 1 aromatic rings. The number of rotatable bonds is 8. The molecule has 0 spiro atoms. The fourth-order valence-corrected chi connectivity index (χ4v) is 3.61. The summed E-state index contributed by atoms with van der Waals surface area (Å²) in [5, 5.41) is 0. The minimum atomic E-state index is -2.93. The van der Waals surface area contributed by atoms with Crippen LogP contribution >= 0.6 is 15.9 Å². The molecular formula is C17H25BrN2O4S. The van der Waals surface area contributed by atoms with E-state index in [4.69, 9.17) is 4.74 Å². The lowest BCUT2D eigenvalue weighted by Gasteiger charge is -2.34. The number of carbonyl (C=O) groups excluding carboxylic acids is 1. The van der Waals surface area contributed by atoms with Gasteiger partial charge in [-0.25, -0.2) is 8.42 Å². The summed E-state index contributed by atoms with van der Waals surface area (Å²) in [6, 6.07) is 7.64. The Morgan fingerprint density at radius 1 is 1.24 bits per heavy atom. The zero-order valence-electron chi connectivity index (χ0n) is 14.5. The van der Waals surface area contributed by atoms with Crippen molar-refractivity contribution in [3.63, 3.8) is 0 Å². The van der Waals surface area contributed by atoms with Crippen LogP contribution in [0.3, 0.4) is 0 Å². The minimum absolute atomic E-state index is 0.139. The van der Waals surface area contributed by atoms with Crippen molar-refractivity contribution >= 4 is 31.7 Å². The zero-order valence-corrected chi connectivity index (χ0v) is 16.9. The molecule has 0 radical (unpaired) electrons. The number of ether oxygens (including phenoxy) is 1. The molecule has 0 N–H and O–H groups in total. The smallest absolute Gasteiger partial charge is 0.222 e. The Bertz CT molecular complexity index is 673. The van der Waals surface area contributed by atoms with E-state index in [1.54, 1.807) is 0 Å². The lowest BCUT2D eigenvalue weighted by molar-refractivity contribution is -0.133. The summed E-state index contributed by atoms with van der Waals surface area (Å²) >= 11 is 3.39. The fraction of sp³-hybridized carbons (Fsp3) is 0.588. The van der Waals surface area contributed by atoms with Crippen LogP contribution in [0.25, 0.3) is 0 Å². The van der Waals surface area contributed by atoms with E-state index >= 15 is 0 Å². The average molecular weight is 433 g/mol. The quantitative estimate of drug-likeness (QED) is 0.585. The summed E-state index contributed by atoms with van der Waals surface area (Å²) in [4.78, 5) is 16.2. The van der Waals surface area contributed by atoms with Crippen LogP contribution in [0, 0.1) is 0 Å². The van der Waals surface area contributed by atoms with Gasteiger partial charge in [-0.05, 0) is 24.6 Å². The average Bonchev–Trinajstić information content (AvgIpc) is 2.56. The molecule has 0 unspecified atom stereocenters. The number of nitrogens with zero attached hydrogens (tertiary/aromatic N) is 2. The highest BCUT2D eigenvalue weighted by Crippen LogP contribution is 2.18. The molecule has 6 nitrogen and oxygen atoms in total. The van der Waals surface area contributed by atoms with Gasteiger partial charge in [0.15, 0.2) is 0 Å². The van der Waals surface area contributed by atoms with Crippen molar-refractivity contribution in [2.45, 2.75) is 12.8 Å². The van der Waals surface area contributed by atoms with Gasteiger partial charge in [-0.15, -0.1) is 0 Å². The Morgan fingerprint density at radius 2 is 1.96 bits per heavy atom. The van der Waals surface area contributed by atoms with E-state index in [0.717, 1.165) is 23.3 Å². The molecule has 1 heterocycles. The SMILES string of the molecule is CS(=O)(=O)CCN1CCN(C(=O)CCCOc2cccc(Br)c2)CC1. The Balaban J connectivity index is 1.62. The third kappa shape index (κ3) is 7.75. The Kier molecular flexibility index (Phi) is 7.71. The van der Waals surface area contributed by atoms with E-state index in [2.05, 4.69) is 20.8 Å². The number of halogens is 1. The van der Waals surface area contributed by atoms with E-state index in [-0.39, 0.29) is 11.7 Å². The van der Waals surface area contributed by atoms with Crippen molar-refractivity contribution in [2.75, 3.05) is 51.3 Å². The molecule has 1 aromatic carbocycles. The molecule has 2 rings (SSSR count). The van der Waals surface area contributed by atoms with Crippen molar-refractivity contribution in [3.8, 4) is 5.75 Å². The van der Waals surface area contributed by atoms with Crippen molar-refractivity contribution in [2.24, 2.45) is 0 Å². The second kappa shape index (κ2) is 9.54.